The number of fused-ring (bicyclic) bond motifs is 1. The number of pyridine rings is 1. The van der Waals surface area contributed by atoms with Gasteiger partial charge in [0.1, 0.15) is 0 Å². The van der Waals surface area contributed by atoms with Gasteiger partial charge in [0.05, 0.1) is 5.52 Å². The fourth-order valence-electron chi connectivity index (χ4n) is 1.38. The SMILES string of the molecule is [Se][Se]C1=NCCO1.c1ccc2ncccc2c1. The normalized spacial score (nSPS) is 13.6. The van der Waals surface area contributed by atoms with Crippen molar-refractivity contribution in [2.75, 3.05) is 13.2 Å². The molecule has 3 nitrogen and oxygen atoms in total. The van der Waals surface area contributed by atoms with Gasteiger partial charge >= 0.3 is 55.0 Å². The van der Waals surface area contributed by atoms with Gasteiger partial charge in [0.2, 0.25) is 0 Å². The Morgan fingerprint density at radius 3 is 2.65 bits per heavy atom. The molecule has 0 spiro atoms. The van der Waals surface area contributed by atoms with Crippen molar-refractivity contribution >= 4 is 43.0 Å². The molecule has 0 unspecified atom stereocenters. The van der Waals surface area contributed by atoms with E-state index in [1.165, 1.54) is 5.39 Å². The van der Waals surface area contributed by atoms with Crippen molar-refractivity contribution in [3.8, 4) is 0 Å². The number of para-hydroxylation sites is 1. The van der Waals surface area contributed by atoms with Gasteiger partial charge in [0.25, 0.3) is 0 Å². The van der Waals surface area contributed by atoms with E-state index in [2.05, 4.69) is 36.3 Å². The fourth-order valence-corrected chi connectivity index (χ4v) is 3.06. The maximum absolute atomic E-state index is 5.05. The Hall–Kier alpha value is -0.861. The van der Waals surface area contributed by atoms with Crippen LogP contribution >= 0.6 is 0 Å². The number of aromatic nitrogens is 1. The molecule has 17 heavy (non-hydrogen) atoms. The van der Waals surface area contributed by atoms with Gasteiger partial charge in [-0.3, -0.25) is 4.98 Å². The Morgan fingerprint density at radius 2 is 2.00 bits per heavy atom. The van der Waals surface area contributed by atoms with E-state index in [1.807, 2.05) is 30.5 Å². The molecule has 1 aromatic heterocycles. The van der Waals surface area contributed by atoms with Gasteiger partial charge in [0, 0.05) is 11.6 Å². The zero-order chi connectivity index (χ0) is 11.9. The summed E-state index contributed by atoms with van der Waals surface area (Å²) in [6.45, 7) is 1.65. The standard InChI is InChI=1S/C9H7N.C3H4NOSe2/c1-2-6-9-8(4-1)5-3-7-10-9;6-7-3-4-1-2-5-3/h1-7H;1-2H2. The second-order valence-electron chi connectivity index (χ2n) is 3.28. The number of benzene rings is 1. The van der Waals surface area contributed by atoms with E-state index in [0.29, 0.717) is 13.1 Å². The van der Waals surface area contributed by atoms with Crippen LogP contribution in [0.1, 0.15) is 0 Å². The molecule has 2 heterocycles. The summed E-state index contributed by atoms with van der Waals surface area (Å²) in [5.41, 5.74) is 1.06. The zero-order valence-electron chi connectivity index (χ0n) is 9.07. The van der Waals surface area contributed by atoms with E-state index in [9.17, 15) is 0 Å². The van der Waals surface area contributed by atoms with Crippen molar-refractivity contribution in [3.63, 3.8) is 0 Å². The summed E-state index contributed by atoms with van der Waals surface area (Å²) in [6, 6.07) is 12.1. The molecule has 0 saturated carbocycles. The molecule has 0 N–H and O–H groups in total. The second-order valence-corrected chi connectivity index (χ2v) is 6.17. The van der Waals surface area contributed by atoms with E-state index < -0.39 is 0 Å². The third-order valence-electron chi connectivity index (χ3n) is 2.14. The van der Waals surface area contributed by atoms with Gasteiger partial charge in [-0.05, 0) is 12.1 Å². The molecule has 1 radical (unpaired) electrons. The first kappa shape index (κ1) is 12.6. The summed E-state index contributed by atoms with van der Waals surface area (Å²) < 4.78 is 5.05. The minimum absolute atomic E-state index is 0.358. The maximum atomic E-state index is 5.05. The number of hydrogen-bond donors (Lipinski definition) is 0. The maximum Gasteiger partial charge on any atom is 0.0701 e. The van der Waals surface area contributed by atoms with Crippen molar-refractivity contribution in [1.29, 1.82) is 0 Å². The molecule has 1 aromatic carbocycles. The molecule has 0 amide bonds. The van der Waals surface area contributed by atoms with Gasteiger partial charge in [-0.1, -0.05) is 24.3 Å². The summed E-state index contributed by atoms with van der Waals surface area (Å²) in [4.78, 5) is 9.15. The van der Waals surface area contributed by atoms with Crippen LogP contribution in [0, 0.1) is 0 Å². The molecule has 1 aliphatic rings. The van der Waals surface area contributed by atoms with Crippen LogP contribution in [0.5, 0.6) is 0 Å². The topological polar surface area (TPSA) is 34.5 Å². The summed E-state index contributed by atoms with van der Waals surface area (Å²) in [5.74, 6) is 0. The Kier molecular flexibility index (Phi) is 5.02. The predicted molar refractivity (Wildman–Crippen MR) is 71.5 cm³/mol. The molecular formula is C12H11N2OSe2. The molecule has 1 aliphatic heterocycles. The average molecular weight is 357 g/mol. The van der Waals surface area contributed by atoms with Gasteiger partial charge in [0.15, 0.2) is 0 Å². The Morgan fingerprint density at radius 1 is 1.18 bits per heavy atom. The molecule has 0 fully saturated rings. The number of aliphatic imine (C=N–C) groups is 1. The van der Waals surface area contributed by atoms with Crippen LogP contribution in [0.4, 0.5) is 0 Å². The van der Waals surface area contributed by atoms with E-state index in [4.69, 9.17) is 4.74 Å². The second kappa shape index (κ2) is 6.77. The first-order valence-corrected chi connectivity index (χ1v) is 10.4. The largest absolute Gasteiger partial charge is 0.256 e. The Bertz CT molecular complexity index is 451. The number of nitrogens with zero attached hydrogens (tertiary/aromatic N) is 2. The van der Waals surface area contributed by atoms with E-state index in [1.54, 1.807) is 0 Å². The van der Waals surface area contributed by atoms with Crippen molar-refractivity contribution in [2.24, 2.45) is 4.99 Å². The molecular weight excluding hydrogens is 346 g/mol. The predicted octanol–water partition coefficient (Wildman–Crippen LogP) is 1.40. The third kappa shape index (κ3) is 3.83. The fraction of sp³-hybridized carbons (Fsp3) is 0.167. The van der Waals surface area contributed by atoms with Crippen LogP contribution in [0.25, 0.3) is 10.9 Å². The Balaban J connectivity index is 0.000000136. The van der Waals surface area contributed by atoms with Crippen LogP contribution in [0.15, 0.2) is 47.6 Å². The summed E-state index contributed by atoms with van der Waals surface area (Å²) in [5, 5.41) is 1.20. The van der Waals surface area contributed by atoms with E-state index in [0.717, 1.165) is 23.5 Å². The summed E-state index contributed by atoms with van der Waals surface area (Å²) >= 11 is 3.25. The van der Waals surface area contributed by atoms with Gasteiger partial charge in [-0.2, -0.15) is 0 Å². The van der Waals surface area contributed by atoms with Gasteiger partial charge < -0.3 is 0 Å². The van der Waals surface area contributed by atoms with Crippen LogP contribution in [-0.4, -0.2) is 50.3 Å². The van der Waals surface area contributed by atoms with Crippen molar-refractivity contribution in [3.05, 3.63) is 42.6 Å². The first-order valence-electron chi connectivity index (χ1n) is 5.17. The minimum atomic E-state index is 0.358. The van der Waals surface area contributed by atoms with E-state index >= 15 is 0 Å². The third-order valence-corrected chi connectivity index (χ3v) is 4.51. The quantitative estimate of drug-likeness (QED) is 0.724. The molecule has 87 valence electrons. The Labute approximate surface area is 113 Å². The van der Waals surface area contributed by atoms with Crippen molar-refractivity contribution in [1.82, 2.24) is 4.98 Å². The molecule has 0 atom stereocenters. The molecule has 0 aliphatic carbocycles. The van der Waals surface area contributed by atoms with Crippen LogP contribution < -0.4 is 0 Å². The molecule has 0 saturated heterocycles. The number of hydrogen-bond acceptors (Lipinski definition) is 3. The molecule has 3 rings (SSSR count). The van der Waals surface area contributed by atoms with Gasteiger partial charge in [-0.15, -0.1) is 0 Å². The number of ether oxygens (including phenoxy) is 1. The zero-order valence-corrected chi connectivity index (χ0v) is 12.5. The molecule has 5 heteroatoms. The molecule has 2 aromatic rings. The molecule has 0 bridgehead atoms. The average Bonchev–Trinajstić information content (AvgIpc) is 2.93. The minimum Gasteiger partial charge on any atom is -0.256 e. The monoisotopic (exact) mass is 359 g/mol. The van der Waals surface area contributed by atoms with E-state index in [-0.39, 0.29) is 0 Å². The smallest absolute Gasteiger partial charge is 0.0701 e. The summed E-state index contributed by atoms with van der Waals surface area (Å²) in [7, 11) is 0. The van der Waals surface area contributed by atoms with Crippen LogP contribution in [0.3, 0.4) is 0 Å². The van der Waals surface area contributed by atoms with Crippen LogP contribution in [-0.2, 0) is 4.74 Å². The summed E-state index contributed by atoms with van der Waals surface area (Å²) in [6.07, 6.45) is 1.81. The van der Waals surface area contributed by atoms with Crippen molar-refractivity contribution in [2.45, 2.75) is 0 Å². The number of rotatable bonds is 1. The first-order chi connectivity index (χ1) is 8.40. The van der Waals surface area contributed by atoms with Crippen molar-refractivity contribution < 1.29 is 4.74 Å². The van der Waals surface area contributed by atoms with Gasteiger partial charge in [-0.25, -0.2) is 0 Å². The van der Waals surface area contributed by atoms with Crippen LogP contribution in [0.2, 0.25) is 0 Å².